The largest absolute Gasteiger partial charge is 0.486 e. The smallest absolute Gasteiger partial charge is 0.230 e. The summed E-state index contributed by atoms with van der Waals surface area (Å²) in [7, 11) is 1.91. The predicted octanol–water partition coefficient (Wildman–Crippen LogP) is 2.66. The second-order valence-corrected chi connectivity index (χ2v) is 6.76. The number of aromatic nitrogens is 2. The van der Waals surface area contributed by atoms with Gasteiger partial charge in [-0.2, -0.15) is 5.10 Å². The molecule has 3 heterocycles. The molecule has 0 saturated carbocycles. The zero-order chi connectivity index (χ0) is 17.4. The van der Waals surface area contributed by atoms with Gasteiger partial charge in [-0.1, -0.05) is 6.07 Å². The van der Waals surface area contributed by atoms with Crippen LogP contribution < -0.4 is 9.47 Å². The van der Waals surface area contributed by atoms with Crippen LogP contribution in [-0.2, 0) is 11.8 Å². The van der Waals surface area contributed by atoms with Crippen molar-refractivity contribution in [3.8, 4) is 11.5 Å². The van der Waals surface area contributed by atoms with Gasteiger partial charge in [0.2, 0.25) is 5.91 Å². The third kappa shape index (κ3) is 2.97. The quantitative estimate of drug-likeness (QED) is 0.861. The van der Waals surface area contributed by atoms with E-state index in [4.69, 9.17) is 9.47 Å². The molecule has 25 heavy (non-hydrogen) atoms. The minimum atomic E-state index is -0.215. The van der Waals surface area contributed by atoms with Crippen molar-refractivity contribution in [2.75, 3.05) is 19.8 Å². The van der Waals surface area contributed by atoms with E-state index in [1.807, 2.05) is 49.5 Å². The van der Waals surface area contributed by atoms with E-state index in [2.05, 4.69) is 5.10 Å². The Balaban J connectivity index is 1.55. The van der Waals surface area contributed by atoms with Crippen molar-refractivity contribution < 1.29 is 14.3 Å². The lowest BCUT2D eigenvalue weighted by Gasteiger charge is -2.27. The third-order valence-electron chi connectivity index (χ3n) is 5.08. The molecule has 1 fully saturated rings. The van der Waals surface area contributed by atoms with E-state index < -0.39 is 0 Å². The van der Waals surface area contributed by atoms with Crippen LogP contribution >= 0.6 is 0 Å². The van der Waals surface area contributed by atoms with E-state index in [0.717, 1.165) is 42.0 Å². The molecule has 0 N–H and O–H groups in total. The van der Waals surface area contributed by atoms with E-state index >= 15 is 0 Å². The van der Waals surface area contributed by atoms with Crippen molar-refractivity contribution in [3.63, 3.8) is 0 Å². The molecule has 1 amide bonds. The van der Waals surface area contributed by atoms with Crippen molar-refractivity contribution in [2.45, 2.75) is 31.7 Å². The molecule has 0 unspecified atom stereocenters. The van der Waals surface area contributed by atoms with Crippen LogP contribution in [0.1, 0.15) is 42.9 Å². The summed E-state index contributed by atoms with van der Waals surface area (Å²) in [4.78, 5) is 15.1. The first-order valence-corrected chi connectivity index (χ1v) is 8.82. The van der Waals surface area contributed by atoms with Gasteiger partial charge in [-0.3, -0.25) is 9.48 Å². The van der Waals surface area contributed by atoms with Gasteiger partial charge in [0.25, 0.3) is 0 Å². The zero-order valence-electron chi connectivity index (χ0n) is 14.6. The molecule has 2 atom stereocenters. The SMILES string of the molecule is C[C@@H](C(=O)N1CCC[C@@H]1c1cnn(C)c1)c1ccc2c(c1)OCCO2. The molecule has 2 aromatic rings. The van der Waals surface area contributed by atoms with Crippen LogP contribution in [0.25, 0.3) is 0 Å². The van der Waals surface area contributed by atoms with Crippen LogP contribution in [0, 0.1) is 0 Å². The Kier molecular flexibility index (Phi) is 4.11. The zero-order valence-corrected chi connectivity index (χ0v) is 14.6. The van der Waals surface area contributed by atoms with Gasteiger partial charge in [-0.25, -0.2) is 0 Å². The maximum Gasteiger partial charge on any atom is 0.230 e. The lowest BCUT2D eigenvalue weighted by atomic mass is 9.98. The average Bonchev–Trinajstić information content (AvgIpc) is 3.28. The van der Waals surface area contributed by atoms with Crippen LogP contribution in [0.15, 0.2) is 30.6 Å². The first kappa shape index (κ1) is 16.0. The van der Waals surface area contributed by atoms with Gasteiger partial charge in [-0.05, 0) is 37.5 Å². The molecule has 1 aromatic carbocycles. The molecule has 6 heteroatoms. The maximum absolute atomic E-state index is 13.1. The van der Waals surface area contributed by atoms with Gasteiger partial charge in [-0.15, -0.1) is 0 Å². The van der Waals surface area contributed by atoms with Crippen molar-refractivity contribution in [1.29, 1.82) is 0 Å². The molecule has 132 valence electrons. The summed E-state index contributed by atoms with van der Waals surface area (Å²) >= 11 is 0. The molecule has 4 rings (SSSR count). The van der Waals surface area contributed by atoms with Crippen molar-refractivity contribution in [1.82, 2.24) is 14.7 Å². The molecule has 2 aliphatic rings. The highest BCUT2D eigenvalue weighted by atomic mass is 16.6. The normalized spacial score (nSPS) is 20.6. The fourth-order valence-corrected chi connectivity index (χ4v) is 3.71. The lowest BCUT2D eigenvalue weighted by Crippen LogP contribution is -2.33. The van der Waals surface area contributed by atoms with Gasteiger partial charge >= 0.3 is 0 Å². The second kappa shape index (κ2) is 6.43. The second-order valence-electron chi connectivity index (χ2n) is 6.76. The van der Waals surface area contributed by atoms with E-state index in [0.29, 0.717) is 13.2 Å². The molecule has 0 aliphatic carbocycles. The number of aryl methyl sites for hydroxylation is 1. The summed E-state index contributed by atoms with van der Waals surface area (Å²) in [6, 6.07) is 5.93. The highest BCUT2D eigenvalue weighted by Gasteiger charge is 2.33. The van der Waals surface area contributed by atoms with Crippen LogP contribution in [-0.4, -0.2) is 40.3 Å². The fourth-order valence-electron chi connectivity index (χ4n) is 3.71. The van der Waals surface area contributed by atoms with E-state index in [-0.39, 0.29) is 17.9 Å². The van der Waals surface area contributed by atoms with Crippen LogP contribution in [0.3, 0.4) is 0 Å². The van der Waals surface area contributed by atoms with Gasteiger partial charge in [0.1, 0.15) is 13.2 Å². The van der Waals surface area contributed by atoms with Crippen molar-refractivity contribution in [2.24, 2.45) is 7.05 Å². The molecule has 0 radical (unpaired) electrons. The number of carbonyl (C=O) groups excluding carboxylic acids is 1. The van der Waals surface area contributed by atoms with E-state index in [9.17, 15) is 4.79 Å². The van der Waals surface area contributed by atoms with Gasteiger partial charge in [0.05, 0.1) is 18.2 Å². The first-order chi connectivity index (χ1) is 12.1. The Labute approximate surface area is 147 Å². The Bertz CT molecular complexity index is 786. The van der Waals surface area contributed by atoms with Gasteiger partial charge in [0, 0.05) is 25.4 Å². The fraction of sp³-hybridized carbons (Fsp3) is 0.474. The Hall–Kier alpha value is -2.50. The lowest BCUT2D eigenvalue weighted by molar-refractivity contribution is -0.133. The Morgan fingerprint density at radius 1 is 1.28 bits per heavy atom. The number of hydrogen-bond donors (Lipinski definition) is 0. The molecule has 1 aromatic heterocycles. The summed E-state index contributed by atoms with van der Waals surface area (Å²) in [5.41, 5.74) is 2.08. The number of fused-ring (bicyclic) bond motifs is 1. The van der Waals surface area contributed by atoms with Crippen molar-refractivity contribution >= 4 is 5.91 Å². The standard InChI is InChI=1S/C19H23N3O3/c1-13(14-5-6-17-18(10-14)25-9-8-24-17)19(23)22-7-3-4-16(22)15-11-20-21(2)12-15/h5-6,10-13,16H,3-4,7-9H2,1-2H3/t13-,16-/m1/s1. The van der Waals surface area contributed by atoms with Crippen molar-refractivity contribution in [3.05, 3.63) is 41.7 Å². The number of carbonyl (C=O) groups is 1. The number of amides is 1. The topological polar surface area (TPSA) is 56.6 Å². The number of rotatable bonds is 3. The average molecular weight is 341 g/mol. The van der Waals surface area contributed by atoms with Gasteiger partial charge < -0.3 is 14.4 Å². The number of ether oxygens (including phenoxy) is 2. The van der Waals surface area contributed by atoms with Crippen LogP contribution in [0.2, 0.25) is 0 Å². The Morgan fingerprint density at radius 2 is 2.08 bits per heavy atom. The number of benzene rings is 1. The molecular formula is C19H23N3O3. The molecule has 0 bridgehead atoms. The summed E-state index contributed by atoms with van der Waals surface area (Å²) in [5, 5.41) is 4.25. The summed E-state index contributed by atoms with van der Waals surface area (Å²) in [6.07, 6.45) is 5.89. The summed E-state index contributed by atoms with van der Waals surface area (Å²) in [5.74, 6) is 1.42. The molecular weight excluding hydrogens is 318 g/mol. The van der Waals surface area contributed by atoms with E-state index in [1.54, 1.807) is 4.68 Å². The highest BCUT2D eigenvalue weighted by molar-refractivity contribution is 5.84. The molecule has 6 nitrogen and oxygen atoms in total. The third-order valence-corrected chi connectivity index (χ3v) is 5.08. The molecule has 1 saturated heterocycles. The first-order valence-electron chi connectivity index (χ1n) is 8.82. The van der Waals surface area contributed by atoms with Crippen LogP contribution in [0.5, 0.6) is 11.5 Å². The van der Waals surface area contributed by atoms with Crippen LogP contribution in [0.4, 0.5) is 0 Å². The number of likely N-dealkylation sites (tertiary alicyclic amines) is 1. The summed E-state index contributed by atoms with van der Waals surface area (Å²) in [6.45, 7) is 3.88. The maximum atomic E-state index is 13.1. The molecule has 0 spiro atoms. The van der Waals surface area contributed by atoms with E-state index in [1.165, 1.54) is 0 Å². The Morgan fingerprint density at radius 3 is 2.84 bits per heavy atom. The predicted molar refractivity (Wildman–Crippen MR) is 92.7 cm³/mol. The number of nitrogens with zero attached hydrogens (tertiary/aromatic N) is 3. The molecule has 2 aliphatic heterocycles. The number of hydrogen-bond acceptors (Lipinski definition) is 4. The summed E-state index contributed by atoms with van der Waals surface area (Å²) < 4.78 is 13.0. The highest BCUT2D eigenvalue weighted by Crippen LogP contribution is 2.37. The minimum absolute atomic E-state index is 0.126. The van der Waals surface area contributed by atoms with Gasteiger partial charge in [0.15, 0.2) is 11.5 Å². The monoisotopic (exact) mass is 341 g/mol. The minimum Gasteiger partial charge on any atom is -0.486 e.